The van der Waals surface area contributed by atoms with Crippen LogP contribution in [-0.4, -0.2) is 24.8 Å². The van der Waals surface area contributed by atoms with Crippen LogP contribution in [0.25, 0.3) is 0 Å². The van der Waals surface area contributed by atoms with E-state index in [1.54, 1.807) is 19.2 Å². The van der Waals surface area contributed by atoms with E-state index >= 15 is 0 Å². The topological polar surface area (TPSA) is 29.3 Å². The summed E-state index contributed by atoms with van der Waals surface area (Å²) in [6.07, 6.45) is -4.41. The molecule has 0 aliphatic rings. The lowest BCUT2D eigenvalue weighted by molar-refractivity contribution is -0.152. The molecule has 1 aromatic carbocycles. The van der Waals surface area contributed by atoms with Crippen molar-refractivity contribution in [3.63, 3.8) is 0 Å². The molecule has 2 N–H and O–H groups in total. The maximum Gasteiger partial charge on any atom is 0.399 e. The van der Waals surface area contributed by atoms with Gasteiger partial charge < -0.3 is 10.6 Å². The average Bonchev–Trinajstić information content (AvgIpc) is 2.23. The first-order chi connectivity index (χ1) is 8.21. The van der Waals surface area contributed by atoms with E-state index in [1.807, 2.05) is 19.1 Å². The third kappa shape index (κ3) is 3.87. The van der Waals surface area contributed by atoms with Crippen LogP contribution in [0.1, 0.15) is 5.56 Å². The lowest BCUT2D eigenvalue weighted by atomic mass is 10.1. The fourth-order valence-corrected chi connectivity index (χ4v) is 1.81. The quantitative estimate of drug-likeness (QED) is 0.857. The normalized spacial score (nSPS) is 13.2. The second-order valence-electron chi connectivity index (χ2n) is 4.22. The van der Waals surface area contributed by atoms with E-state index < -0.39 is 17.1 Å². The minimum Gasteiger partial charge on any atom is -0.393 e. The van der Waals surface area contributed by atoms with Crippen molar-refractivity contribution in [2.24, 2.45) is 11.7 Å². The summed E-state index contributed by atoms with van der Waals surface area (Å²) < 4.78 is 38.2. The van der Waals surface area contributed by atoms with Crippen molar-refractivity contribution in [3.8, 4) is 0 Å². The van der Waals surface area contributed by atoms with Gasteiger partial charge >= 0.3 is 6.18 Å². The number of nitrogens with zero attached hydrogens (tertiary/aromatic N) is 1. The number of alkyl halides is 3. The van der Waals surface area contributed by atoms with Crippen LogP contribution in [0.3, 0.4) is 0 Å². The van der Waals surface area contributed by atoms with Crippen LogP contribution in [0.4, 0.5) is 18.9 Å². The number of hydrogen-bond acceptors (Lipinski definition) is 2. The van der Waals surface area contributed by atoms with Crippen LogP contribution < -0.4 is 10.6 Å². The fraction of sp³-hybridized carbons (Fsp3) is 0.417. The van der Waals surface area contributed by atoms with Gasteiger partial charge in [-0.05, 0) is 24.6 Å². The number of benzene rings is 1. The minimum absolute atomic E-state index is 0.276. The second-order valence-corrected chi connectivity index (χ2v) is 4.69. The highest BCUT2D eigenvalue weighted by molar-refractivity contribution is 7.80. The average molecular weight is 276 g/mol. The number of halogens is 3. The molecule has 100 valence electrons. The summed E-state index contributed by atoms with van der Waals surface area (Å²) in [7, 11) is 1.59. The molecule has 2 nitrogen and oxygen atoms in total. The van der Waals surface area contributed by atoms with E-state index in [2.05, 4.69) is 12.2 Å². The summed E-state index contributed by atoms with van der Waals surface area (Å²) in [6.45, 7) is 1.61. The van der Waals surface area contributed by atoms with Gasteiger partial charge in [0.25, 0.3) is 0 Å². The summed E-state index contributed by atoms with van der Waals surface area (Å²) in [5.41, 5.74) is 6.86. The van der Waals surface area contributed by atoms with Crippen molar-refractivity contribution in [2.75, 3.05) is 18.5 Å². The number of rotatable bonds is 4. The molecule has 18 heavy (non-hydrogen) atoms. The molecule has 0 amide bonds. The van der Waals surface area contributed by atoms with E-state index in [-0.39, 0.29) is 6.54 Å². The highest BCUT2D eigenvalue weighted by Crippen LogP contribution is 2.28. The van der Waals surface area contributed by atoms with E-state index in [9.17, 15) is 13.2 Å². The molecule has 0 heterocycles. The maximum atomic E-state index is 12.7. The van der Waals surface area contributed by atoms with Crippen LogP contribution in [0.2, 0.25) is 0 Å². The van der Waals surface area contributed by atoms with Crippen molar-refractivity contribution < 1.29 is 13.2 Å². The molecule has 0 aliphatic heterocycles. The molecule has 1 rings (SSSR count). The van der Waals surface area contributed by atoms with Crippen molar-refractivity contribution in [1.82, 2.24) is 0 Å². The van der Waals surface area contributed by atoms with Gasteiger partial charge in [0, 0.05) is 19.3 Å². The van der Waals surface area contributed by atoms with Crippen LogP contribution in [0.15, 0.2) is 24.3 Å². The summed E-state index contributed by atoms with van der Waals surface area (Å²) in [6, 6.07) is 7.24. The van der Waals surface area contributed by atoms with Crippen LogP contribution >= 0.6 is 12.2 Å². The Balaban J connectivity index is 2.85. The fourth-order valence-electron chi connectivity index (χ4n) is 1.60. The molecule has 1 aromatic rings. The third-order valence-corrected chi connectivity index (χ3v) is 2.92. The highest BCUT2D eigenvalue weighted by atomic mass is 32.1. The maximum absolute atomic E-state index is 12.7. The Bertz CT molecular complexity index is 432. The standard InChI is InChI=1S/C12H15F3N2S/c1-8-4-3-5-9(6-8)17(2)7-10(11(16)18)12(13,14)15/h3-6,10H,7H2,1-2H3,(H2,16,18). The lowest BCUT2D eigenvalue weighted by Gasteiger charge is -2.26. The number of hydrogen-bond donors (Lipinski definition) is 1. The highest BCUT2D eigenvalue weighted by Gasteiger charge is 2.42. The van der Waals surface area contributed by atoms with Crippen molar-refractivity contribution in [3.05, 3.63) is 29.8 Å². The molecule has 0 aromatic heterocycles. The Kier molecular flexibility index (Phi) is 4.56. The van der Waals surface area contributed by atoms with Crippen molar-refractivity contribution in [1.29, 1.82) is 0 Å². The largest absolute Gasteiger partial charge is 0.399 e. The molecule has 0 spiro atoms. The predicted octanol–water partition coefficient (Wildman–Crippen LogP) is 2.90. The van der Waals surface area contributed by atoms with Gasteiger partial charge in [-0.15, -0.1) is 0 Å². The van der Waals surface area contributed by atoms with Gasteiger partial charge in [0.1, 0.15) is 5.92 Å². The first-order valence-electron chi connectivity index (χ1n) is 5.35. The molecular formula is C12H15F3N2S. The SMILES string of the molecule is Cc1cccc(N(C)CC(C(N)=S)C(F)(F)F)c1. The monoisotopic (exact) mass is 276 g/mol. The summed E-state index contributed by atoms with van der Waals surface area (Å²) >= 11 is 4.49. The van der Waals surface area contributed by atoms with Gasteiger partial charge in [-0.1, -0.05) is 24.4 Å². The Morgan fingerprint density at radius 1 is 1.44 bits per heavy atom. The lowest BCUT2D eigenvalue weighted by Crippen LogP contribution is -2.42. The molecule has 0 radical (unpaired) electrons. The Morgan fingerprint density at radius 3 is 2.50 bits per heavy atom. The van der Waals surface area contributed by atoms with Gasteiger partial charge in [0.05, 0.1) is 4.99 Å². The van der Waals surface area contributed by atoms with Gasteiger partial charge in [0.15, 0.2) is 0 Å². The Morgan fingerprint density at radius 2 is 2.06 bits per heavy atom. The van der Waals surface area contributed by atoms with Crippen LogP contribution in [-0.2, 0) is 0 Å². The van der Waals surface area contributed by atoms with Crippen molar-refractivity contribution >= 4 is 22.9 Å². The zero-order valence-electron chi connectivity index (χ0n) is 10.2. The van der Waals surface area contributed by atoms with E-state index in [4.69, 9.17) is 5.73 Å². The number of aryl methyl sites for hydroxylation is 1. The van der Waals surface area contributed by atoms with Gasteiger partial charge in [-0.2, -0.15) is 13.2 Å². The van der Waals surface area contributed by atoms with Gasteiger partial charge in [0.2, 0.25) is 0 Å². The zero-order chi connectivity index (χ0) is 13.9. The van der Waals surface area contributed by atoms with Crippen LogP contribution in [0, 0.1) is 12.8 Å². The predicted molar refractivity (Wildman–Crippen MR) is 70.8 cm³/mol. The molecule has 0 fully saturated rings. The number of thiocarbonyl (C=S) groups is 1. The van der Waals surface area contributed by atoms with Gasteiger partial charge in [-0.3, -0.25) is 0 Å². The molecule has 0 bridgehead atoms. The zero-order valence-corrected chi connectivity index (χ0v) is 11.0. The summed E-state index contributed by atoms with van der Waals surface area (Å²) in [4.78, 5) is 0.978. The van der Waals surface area contributed by atoms with E-state index in [0.717, 1.165) is 5.56 Å². The molecule has 6 heteroatoms. The summed E-state index contributed by atoms with van der Waals surface area (Å²) in [5, 5.41) is 0. The number of anilines is 1. The minimum atomic E-state index is -4.41. The third-order valence-electron chi connectivity index (χ3n) is 2.64. The first-order valence-corrected chi connectivity index (χ1v) is 5.76. The number of nitrogens with two attached hydrogens (primary N) is 1. The van der Waals surface area contributed by atoms with Gasteiger partial charge in [-0.25, -0.2) is 0 Å². The molecular weight excluding hydrogens is 261 g/mol. The van der Waals surface area contributed by atoms with Crippen LogP contribution in [0.5, 0.6) is 0 Å². The molecule has 1 atom stereocenters. The Hall–Kier alpha value is -1.30. The summed E-state index contributed by atoms with van der Waals surface area (Å²) in [5.74, 6) is -1.79. The van der Waals surface area contributed by atoms with E-state index in [1.165, 1.54) is 4.90 Å². The molecule has 1 unspecified atom stereocenters. The van der Waals surface area contributed by atoms with Crippen molar-refractivity contribution in [2.45, 2.75) is 13.1 Å². The molecule has 0 saturated heterocycles. The molecule has 0 aliphatic carbocycles. The smallest absolute Gasteiger partial charge is 0.393 e. The second kappa shape index (κ2) is 5.56. The molecule has 0 saturated carbocycles. The Labute approximate surface area is 110 Å². The van der Waals surface area contributed by atoms with E-state index in [0.29, 0.717) is 5.69 Å². The first kappa shape index (κ1) is 14.8.